The van der Waals surface area contributed by atoms with E-state index < -0.39 is 0 Å². The summed E-state index contributed by atoms with van der Waals surface area (Å²) in [6, 6.07) is 8.34. The second-order valence-electron chi connectivity index (χ2n) is 4.05. The van der Waals surface area contributed by atoms with E-state index in [9.17, 15) is 0 Å². The van der Waals surface area contributed by atoms with Crippen LogP contribution in [0, 0.1) is 0 Å². The minimum Gasteiger partial charge on any atom is -0.489 e. The first-order valence-electron chi connectivity index (χ1n) is 5.85. The van der Waals surface area contributed by atoms with Crippen LogP contribution in [0.15, 0.2) is 24.3 Å². The van der Waals surface area contributed by atoms with Gasteiger partial charge in [-0.15, -0.1) is 0 Å². The zero-order valence-electron chi connectivity index (χ0n) is 9.33. The summed E-state index contributed by atoms with van der Waals surface area (Å²) in [5.74, 6) is 1.06. The first-order chi connectivity index (χ1) is 7.40. The summed E-state index contributed by atoms with van der Waals surface area (Å²) in [6.45, 7) is 4.29. The van der Waals surface area contributed by atoms with Crippen LogP contribution in [0.1, 0.15) is 25.3 Å². The van der Waals surface area contributed by atoms with Crippen LogP contribution in [0.25, 0.3) is 0 Å². The molecular weight excluding hydrogens is 186 g/mol. The third kappa shape index (κ3) is 2.72. The van der Waals surface area contributed by atoms with Crippen LogP contribution < -0.4 is 10.1 Å². The maximum absolute atomic E-state index is 6.01. The molecule has 0 saturated carbocycles. The highest BCUT2D eigenvalue weighted by Gasteiger charge is 2.15. The van der Waals surface area contributed by atoms with Gasteiger partial charge >= 0.3 is 0 Å². The lowest BCUT2D eigenvalue weighted by Crippen LogP contribution is -2.37. The molecule has 1 aliphatic heterocycles. The van der Waals surface area contributed by atoms with E-state index >= 15 is 0 Å². The van der Waals surface area contributed by atoms with Crippen molar-refractivity contribution in [2.24, 2.45) is 0 Å². The lowest BCUT2D eigenvalue weighted by molar-refractivity contribution is 0.165. The summed E-state index contributed by atoms with van der Waals surface area (Å²) in [6.07, 6.45) is 3.78. The quantitative estimate of drug-likeness (QED) is 0.818. The van der Waals surface area contributed by atoms with Crippen molar-refractivity contribution in [3.63, 3.8) is 0 Å². The first-order valence-corrected chi connectivity index (χ1v) is 5.85. The van der Waals surface area contributed by atoms with Crippen LogP contribution in [0.4, 0.5) is 0 Å². The first kappa shape index (κ1) is 10.5. The van der Waals surface area contributed by atoms with Gasteiger partial charge in [0.25, 0.3) is 0 Å². The highest BCUT2D eigenvalue weighted by Crippen LogP contribution is 2.21. The SMILES string of the molecule is CCc1ccccc1O[C@@H]1CCCNC1. The van der Waals surface area contributed by atoms with Crippen molar-refractivity contribution in [1.29, 1.82) is 0 Å². The Kier molecular flexibility index (Phi) is 3.62. The van der Waals surface area contributed by atoms with Crippen LogP contribution in [-0.4, -0.2) is 19.2 Å². The number of piperidine rings is 1. The maximum atomic E-state index is 6.01. The fourth-order valence-corrected chi connectivity index (χ4v) is 2.01. The number of aryl methyl sites for hydroxylation is 1. The normalized spacial score (nSPS) is 21.3. The Morgan fingerprint density at radius 1 is 1.40 bits per heavy atom. The van der Waals surface area contributed by atoms with Crippen molar-refractivity contribution in [2.45, 2.75) is 32.3 Å². The van der Waals surface area contributed by atoms with E-state index in [1.807, 2.05) is 6.07 Å². The van der Waals surface area contributed by atoms with Gasteiger partial charge in [0, 0.05) is 6.54 Å². The molecule has 1 aromatic rings. The zero-order valence-corrected chi connectivity index (χ0v) is 9.33. The highest BCUT2D eigenvalue weighted by atomic mass is 16.5. The maximum Gasteiger partial charge on any atom is 0.122 e. The standard InChI is InChI=1S/C13H19NO/c1-2-11-6-3-4-8-13(11)15-12-7-5-9-14-10-12/h3-4,6,8,12,14H,2,5,7,9-10H2,1H3/t12-/m1/s1. The molecule has 1 aromatic carbocycles. The Balaban J connectivity index is 2.02. The van der Waals surface area contributed by atoms with Gasteiger partial charge in [-0.2, -0.15) is 0 Å². The predicted molar refractivity (Wildman–Crippen MR) is 62.3 cm³/mol. The molecule has 0 aromatic heterocycles. The molecule has 1 atom stereocenters. The number of para-hydroxylation sites is 1. The number of hydrogen-bond acceptors (Lipinski definition) is 2. The molecule has 1 N–H and O–H groups in total. The number of nitrogens with one attached hydrogen (secondary N) is 1. The fraction of sp³-hybridized carbons (Fsp3) is 0.538. The van der Waals surface area contributed by atoms with E-state index in [0.717, 1.165) is 25.3 Å². The van der Waals surface area contributed by atoms with E-state index in [1.54, 1.807) is 0 Å². The molecule has 82 valence electrons. The van der Waals surface area contributed by atoms with Crippen LogP contribution in [-0.2, 0) is 6.42 Å². The van der Waals surface area contributed by atoms with Crippen molar-refractivity contribution in [2.75, 3.05) is 13.1 Å². The summed E-state index contributed by atoms with van der Waals surface area (Å²) < 4.78 is 6.01. The molecule has 15 heavy (non-hydrogen) atoms. The van der Waals surface area contributed by atoms with E-state index in [-0.39, 0.29) is 0 Å². The molecule has 1 aliphatic rings. The minimum absolute atomic E-state index is 0.353. The van der Waals surface area contributed by atoms with Gasteiger partial charge in [0.2, 0.25) is 0 Å². The molecule has 0 unspecified atom stereocenters. The molecule has 1 heterocycles. The van der Waals surface area contributed by atoms with Crippen molar-refractivity contribution in [1.82, 2.24) is 5.32 Å². The second kappa shape index (κ2) is 5.17. The Hall–Kier alpha value is -1.02. The number of rotatable bonds is 3. The van der Waals surface area contributed by atoms with E-state index in [1.165, 1.54) is 18.4 Å². The molecule has 0 aliphatic carbocycles. The Morgan fingerprint density at radius 2 is 2.27 bits per heavy atom. The van der Waals surface area contributed by atoms with Crippen molar-refractivity contribution < 1.29 is 4.74 Å². The van der Waals surface area contributed by atoms with Crippen molar-refractivity contribution in [3.8, 4) is 5.75 Å². The fourth-order valence-electron chi connectivity index (χ4n) is 2.01. The van der Waals surface area contributed by atoms with Crippen LogP contribution >= 0.6 is 0 Å². The van der Waals surface area contributed by atoms with E-state index in [0.29, 0.717) is 6.10 Å². The summed E-state index contributed by atoms with van der Waals surface area (Å²) in [4.78, 5) is 0. The van der Waals surface area contributed by atoms with E-state index in [4.69, 9.17) is 4.74 Å². The molecule has 1 saturated heterocycles. The van der Waals surface area contributed by atoms with Gasteiger partial charge in [0.05, 0.1) is 0 Å². The third-order valence-electron chi connectivity index (χ3n) is 2.90. The number of benzene rings is 1. The lowest BCUT2D eigenvalue weighted by atomic mass is 10.1. The average Bonchev–Trinajstić information content (AvgIpc) is 2.31. The number of hydrogen-bond donors (Lipinski definition) is 1. The Labute approximate surface area is 91.6 Å². The molecule has 0 spiro atoms. The van der Waals surface area contributed by atoms with Gasteiger partial charge in [-0.1, -0.05) is 25.1 Å². The van der Waals surface area contributed by atoms with Crippen LogP contribution in [0.3, 0.4) is 0 Å². The van der Waals surface area contributed by atoms with Gasteiger partial charge in [-0.25, -0.2) is 0 Å². The van der Waals surface area contributed by atoms with Gasteiger partial charge in [0.15, 0.2) is 0 Å². The third-order valence-corrected chi connectivity index (χ3v) is 2.90. The average molecular weight is 205 g/mol. The molecule has 2 heteroatoms. The topological polar surface area (TPSA) is 21.3 Å². The highest BCUT2D eigenvalue weighted by molar-refractivity contribution is 5.33. The van der Waals surface area contributed by atoms with Gasteiger partial charge in [-0.05, 0) is 37.4 Å². The molecule has 0 radical (unpaired) electrons. The smallest absolute Gasteiger partial charge is 0.122 e. The molecule has 0 bridgehead atoms. The Morgan fingerprint density at radius 3 is 3.00 bits per heavy atom. The van der Waals surface area contributed by atoms with Gasteiger partial charge < -0.3 is 10.1 Å². The van der Waals surface area contributed by atoms with Crippen molar-refractivity contribution >= 4 is 0 Å². The number of ether oxygens (including phenoxy) is 1. The van der Waals surface area contributed by atoms with Crippen LogP contribution in [0.5, 0.6) is 5.75 Å². The largest absolute Gasteiger partial charge is 0.489 e. The molecular formula is C13H19NO. The summed E-state index contributed by atoms with van der Waals surface area (Å²) in [5, 5.41) is 3.37. The second-order valence-corrected chi connectivity index (χ2v) is 4.05. The van der Waals surface area contributed by atoms with Gasteiger partial charge in [0.1, 0.15) is 11.9 Å². The summed E-state index contributed by atoms with van der Waals surface area (Å²) in [5.41, 5.74) is 1.31. The van der Waals surface area contributed by atoms with Crippen LogP contribution in [0.2, 0.25) is 0 Å². The minimum atomic E-state index is 0.353. The zero-order chi connectivity index (χ0) is 10.5. The molecule has 2 nitrogen and oxygen atoms in total. The van der Waals surface area contributed by atoms with E-state index in [2.05, 4.69) is 30.4 Å². The summed E-state index contributed by atoms with van der Waals surface area (Å²) in [7, 11) is 0. The Bertz CT molecular complexity index is 305. The monoisotopic (exact) mass is 205 g/mol. The summed E-state index contributed by atoms with van der Waals surface area (Å²) >= 11 is 0. The molecule has 1 fully saturated rings. The molecule has 0 amide bonds. The van der Waals surface area contributed by atoms with Gasteiger partial charge in [-0.3, -0.25) is 0 Å². The lowest BCUT2D eigenvalue weighted by Gasteiger charge is -2.25. The molecule has 2 rings (SSSR count). The van der Waals surface area contributed by atoms with Crippen molar-refractivity contribution in [3.05, 3.63) is 29.8 Å². The predicted octanol–water partition coefficient (Wildman–Crippen LogP) is 2.38.